The van der Waals surface area contributed by atoms with Gasteiger partial charge in [-0.15, -0.1) is 16.6 Å². The van der Waals surface area contributed by atoms with Crippen LogP contribution in [0, 0.1) is 12.3 Å². The molecular formula is C25H22F3N7O3S. The molecule has 0 aliphatic carbocycles. The number of halogens is 3. The summed E-state index contributed by atoms with van der Waals surface area (Å²) in [6.45, 7) is 3.33. The highest BCUT2D eigenvalue weighted by Crippen LogP contribution is 2.37. The first-order valence-electron chi connectivity index (χ1n) is 11.7. The van der Waals surface area contributed by atoms with Gasteiger partial charge in [0.1, 0.15) is 28.5 Å². The first-order valence-corrected chi connectivity index (χ1v) is 12.6. The monoisotopic (exact) mass is 557 g/mol. The van der Waals surface area contributed by atoms with Gasteiger partial charge in [0.25, 0.3) is 5.91 Å². The van der Waals surface area contributed by atoms with Gasteiger partial charge in [-0.25, -0.2) is 9.97 Å². The minimum atomic E-state index is -4.65. The summed E-state index contributed by atoms with van der Waals surface area (Å²) in [6.07, 6.45) is 0.894. The summed E-state index contributed by atoms with van der Waals surface area (Å²) >= 11 is 1.41. The van der Waals surface area contributed by atoms with E-state index in [-0.39, 0.29) is 40.0 Å². The van der Waals surface area contributed by atoms with Gasteiger partial charge >= 0.3 is 6.18 Å². The molecule has 0 saturated carbocycles. The van der Waals surface area contributed by atoms with E-state index >= 15 is 0 Å². The lowest BCUT2D eigenvalue weighted by atomic mass is 10.1. The standard InChI is InChI=1S/C25H22F3N7O3S/c1-4-16(29)21-20(23(36)35-10-9-34(11-13(35)2)24-33-30-12-39-24)32-22(38-21)15-5-7-17(37-3)19-14(15)6-8-18(31-19)25(26,27)28/h1,5-8,12-13,16H,9-11,29H2,2-3H3/t13-,16-/m0/s1. The van der Waals surface area contributed by atoms with Crippen molar-refractivity contribution in [3.8, 4) is 29.5 Å². The van der Waals surface area contributed by atoms with Crippen LogP contribution in [0.25, 0.3) is 22.4 Å². The number of benzene rings is 1. The molecule has 1 saturated heterocycles. The Morgan fingerprint density at radius 1 is 1.28 bits per heavy atom. The molecule has 14 heteroatoms. The van der Waals surface area contributed by atoms with E-state index in [1.54, 1.807) is 16.5 Å². The Morgan fingerprint density at radius 2 is 2.08 bits per heavy atom. The molecule has 0 bridgehead atoms. The number of ether oxygens (including phenoxy) is 1. The Bertz CT molecular complexity index is 1570. The summed E-state index contributed by atoms with van der Waals surface area (Å²) in [5, 5.41) is 9.01. The number of terminal acetylenes is 1. The van der Waals surface area contributed by atoms with Gasteiger partial charge in [-0.05, 0) is 31.2 Å². The van der Waals surface area contributed by atoms with E-state index in [4.69, 9.17) is 21.3 Å². The first-order chi connectivity index (χ1) is 18.6. The zero-order valence-electron chi connectivity index (χ0n) is 20.8. The summed E-state index contributed by atoms with van der Waals surface area (Å²) in [4.78, 5) is 25.6. The van der Waals surface area contributed by atoms with E-state index < -0.39 is 23.8 Å². The zero-order chi connectivity index (χ0) is 27.9. The van der Waals surface area contributed by atoms with Gasteiger partial charge in [-0.2, -0.15) is 13.2 Å². The highest BCUT2D eigenvalue weighted by molar-refractivity contribution is 7.13. The van der Waals surface area contributed by atoms with Gasteiger partial charge in [0, 0.05) is 36.6 Å². The molecule has 1 aliphatic heterocycles. The molecule has 0 unspecified atom stereocenters. The van der Waals surface area contributed by atoms with Gasteiger partial charge < -0.3 is 24.7 Å². The number of pyridine rings is 1. The van der Waals surface area contributed by atoms with Crippen molar-refractivity contribution in [3.63, 3.8) is 0 Å². The van der Waals surface area contributed by atoms with Crippen molar-refractivity contribution >= 4 is 33.3 Å². The van der Waals surface area contributed by atoms with Crippen LogP contribution < -0.4 is 15.4 Å². The Morgan fingerprint density at radius 3 is 2.72 bits per heavy atom. The second-order valence-corrected chi connectivity index (χ2v) is 9.61. The Kier molecular flexibility index (Phi) is 6.87. The second-order valence-electron chi connectivity index (χ2n) is 8.80. The Balaban J connectivity index is 1.54. The lowest BCUT2D eigenvalue weighted by molar-refractivity contribution is -0.140. The predicted molar refractivity (Wildman–Crippen MR) is 137 cm³/mol. The SMILES string of the molecule is C#C[C@H](N)c1oc(-c2ccc(OC)c3nc(C(F)(F)F)ccc23)nc1C(=O)N1CCN(c2nncs2)C[C@@H]1C. The number of methoxy groups -OCH3 is 1. The van der Waals surface area contributed by atoms with E-state index in [2.05, 4.69) is 26.1 Å². The normalized spacial score (nSPS) is 16.8. The van der Waals surface area contributed by atoms with Gasteiger partial charge in [-0.1, -0.05) is 17.3 Å². The number of hydrogen-bond acceptors (Lipinski definition) is 10. The van der Waals surface area contributed by atoms with Crippen molar-refractivity contribution in [1.82, 2.24) is 25.1 Å². The van der Waals surface area contributed by atoms with Crippen LogP contribution in [-0.2, 0) is 6.18 Å². The summed E-state index contributed by atoms with van der Waals surface area (Å²) in [5.74, 6) is 2.01. The van der Waals surface area contributed by atoms with Crippen molar-refractivity contribution in [2.45, 2.75) is 25.2 Å². The maximum Gasteiger partial charge on any atom is 0.433 e. The van der Waals surface area contributed by atoms with E-state index in [1.165, 1.54) is 30.6 Å². The molecular weight excluding hydrogens is 535 g/mol. The molecule has 3 aromatic heterocycles. The fraction of sp³-hybridized carbons (Fsp3) is 0.320. The first kappa shape index (κ1) is 26.4. The van der Waals surface area contributed by atoms with E-state index in [0.717, 1.165) is 11.2 Å². The molecule has 2 N–H and O–H groups in total. The number of hydrogen-bond donors (Lipinski definition) is 1. The Labute approximate surface area is 224 Å². The number of alkyl halides is 3. The number of anilines is 1. The number of carbonyl (C=O) groups is 1. The van der Waals surface area contributed by atoms with Crippen LogP contribution in [-0.4, -0.2) is 63.8 Å². The topological polar surface area (TPSA) is 124 Å². The van der Waals surface area contributed by atoms with Crippen molar-refractivity contribution in [2.75, 3.05) is 31.6 Å². The summed E-state index contributed by atoms with van der Waals surface area (Å²) < 4.78 is 51.2. The molecule has 10 nitrogen and oxygen atoms in total. The summed E-state index contributed by atoms with van der Waals surface area (Å²) in [6, 6.07) is 3.83. The number of fused-ring (bicyclic) bond motifs is 1. The average molecular weight is 558 g/mol. The van der Waals surface area contributed by atoms with Crippen LogP contribution in [0.3, 0.4) is 0 Å². The van der Waals surface area contributed by atoms with E-state index in [0.29, 0.717) is 25.2 Å². The van der Waals surface area contributed by atoms with Crippen LogP contribution in [0.15, 0.2) is 34.2 Å². The molecule has 1 aliphatic rings. The number of oxazole rings is 1. The largest absolute Gasteiger partial charge is 0.494 e. The van der Waals surface area contributed by atoms with Crippen molar-refractivity contribution in [2.24, 2.45) is 5.73 Å². The molecule has 0 spiro atoms. The Hall–Kier alpha value is -4.22. The minimum Gasteiger partial charge on any atom is -0.494 e. The number of rotatable bonds is 5. The number of nitrogens with zero attached hydrogens (tertiary/aromatic N) is 6. The molecule has 202 valence electrons. The maximum absolute atomic E-state index is 13.7. The second kappa shape index (κ2) is 10.2. The molecule has 1 fully saturated rings. The van der Waals surface area contributed by atoms with Gasteiger partial charge in [-0.3, -0.25) is 4.79 Å². The molecule has 2 atom stereocenters. The molecule has 5 rings (SSSR count). The summed E-state index contributed by atoms with van der Waals surface area (Å²) in [7, 11) is 1.33. The quantitative estimate of drug-likeness (QED) is 0.366. The third kappa shape index (κ3) is 4.86. The van der Waals surface area contributed by atoms with E-state index in [9.17, 15) is 18.0 Å². The van der Waals surface area contributed by atoms with Crippen LogP contribution in [0.1, 0.15) is 34.9 Å². The fourth-order valence-electron chi connectivity index (χ4n) is 4.46. The van der Waals surface area contributed by atoms with E-state index in [1.807, 2.05) is 11.8 Å². The third-order valence-corrected chi connectivity index (χ3v) is 7.14. The highest BCUT2D eigenvalue weighted by Gasteiger charge is 2.35. The maximum atomic E-state index is 13.7. The zero-order valence-corrected chi connectivity index (χ0v) is 21.6. The highest BCUT2D eigenvalue weighted by atomic mass is 32.1. The molecule has 4 aromatic rings. The molecule has 0 radical (unpaired) electrons. The third-order valence-electron chi connectivity index (χ3n) is 6.39. The smallest absolute Gasteiger partial charge is 0.433 e. The molecule has 39 heavy (non-hydrogen) atoms. The lowest BCUT2D eigenvalue weighted by Crippen LogP contribution is -2.54. The van der Waals surface area contributed by atoms with Crippen molar-refractivity contribution in [1.29, 1.82) is 0 Å². The van der Waals surface area contributed by atoms with Gasteiger partial charge in [0.2, 0.25) is 11.0 Å². The van der Waals surface area contributed by atoms with Crippen LogP contribution in [0.2, 0.25) is 0 Å². The van der Waals surface area contributed by atoms with Crippen LogP contribution >= 0.6 is 11.3 Å². The van der Waals surface area contributed by atoms with Crippen LogP contribution in [0.4, 0.5) is 18.3 Å². The van der Waals surface area contributed by atoms with Gasteiger partial charge in [0.15, 0.2) is 11.5 Å². The number of carbonyl (C=O) groups excluding carboxylic acids is 1. The predicted octanol–water partition coefficient (Wildman–Crippen LogP) is 3.75. The molecule has 4 heterocycles. The van der Waals surface area contributed by atoms with Crippen molar-refractivity contribution in [3.05, 3.63) is 46.9 Å². The summed E-state index contributed by atoms with van der Waals surface area (Å²) in [5.41, 5.74) is 6.84. The number of nitrogens with two attached hydrogens (primary N) is 1. The number of piperazine rings is 1. The number of amides is 1. The molecule has 1 amide bonds. The number of aromatic nitrogens is 4. The average Bonchev–Trinajstić information content (AvgIpc) is 3.62. The lowest BCUT2D eigenvalue weighted by Gasteiger charge is -2.39. The molecule has 1 aromatic carbocycles. The fourth-order valence-corrected chi connectivity index (χ4v) is 5.06. The van der Waals surface area contributed by atoms with Crippen LogP contribution in [0.5, 0.6) is 5.75 Å². The van der Waals surface area contributed by atoms with Gasteiger partial charge in [0.05, 0.1) is 7.11 Å². The minimum absolute atomic E-state index is 0.0138. The van der Waals surface area contributed by atoms with Crippen molar-refractivity contribution < 1.29 is 27.1 Å².